The van der Waals surface area contributed by atoms with Gasteiger partial charge in [0, 0.05) is 11.0 Å². The summed E-state index contributed by atoms with van der Waals surface area (Å²) in [4.78, 5) is 0.226. The van der Waals surface area contributed by atoms with Gasteiger partial charge in [0.1, 0.15) is 0 Å². The quantitative estimate of drug-likeness (QED) is 0.586. The number of rotatable bonds is 7. The lowest BCUT2D eigenvalue weighted by Gasteiger charge is -2.05. The lowest BCUT2D eigenvalue weighted by atomic mass is 10.0. The molecule has 0 bridgehead atoms. The van der Waals surface area contributed by atoms with E-state index in [9.17, 15) is 0 Å². The van der Waals surface area contributed by atoms with Crippen molar-refractivity contribution in [2.24, 2.45) is 5.73 Å². The molecule has 0 aliphatic heterocycles. The van der Waals surface area contributed by atoms with E-state index < -0.39 is 0 Å². The molecule has 0 aliphatic rings. The molecule has 1 rings (SSSR count). The zero-order valence-electron chi connectivity index (χ0n) is 9.45. The van der Waals surface area contributed by atoms with Gasteiger partial charge in [-0.3, -0.25) is 0 Å². The first kappa shape index (κ1) is 13.4. The van der Waals surface area contributed by atoms with Crippen LogP contribution >= 0.6 is 15.9 Å². The Morgan fingerprint density at radius 3 is 2.25 bits per heavy atom. The molecule has 16 heavy (non-hydrogen) atoms. The zero-order valence-corrected chi connectivity index (χ0v) is 11.0. The van der Waals surface area contributed by atoms with Crippen molar-refractivity contribution in [3.8, 4) is 0 Å². The zero-order chi connectivity index (χ0) is 11.8. The fraction of sp³-hybridized carbons (Fsp3) is 0.462. The molecule has 1 atom stereocenters. The number of halogens is 1. The van der Waals surface area contributed by atoms with Gasteiger partial charge in [-0.2, -0.15) is 0 Å². The second kappa shape index (κ2) is 7.58. The van der Waals surface area contributed by atoms with Crippen LogP contribution in [0.25, 0.3) is 0 Å². The third kappa shape index (κ3) is 4.90. The van der Waals surface area contributed by atoms with Gasteiger partial charge in [-0.05, 0) is 43.4 Å². The van der Waals surface area contributed by atoms with Crippen molar-refractivity contribution < 1.29 is 0 Å². The SMILES string of the molecule is N=CC(Br)CCCc1ccc(CCN)cc1. The van der Waals surface area contributed by atoms with Gasteiger partial charge in [0.2, 0.25) is 0 Å². The summed E-state index contributed by atoms with van der Waals surface area (Å²) in [6, 6.07) is 8.67. The Balaban J connectivity index is 2.34. The molecule has 0 amide bonds. The smallest absolute Gasteiger partial charge is 0.0491 e. The summed E-state index contributed by atoms with van der Waals surface area (Å²) in [5, 5.41) is 7.08. The molecule has 0 aliphatic carbocycles. The Morgan fingerprint density at radius 1 is 1.19 bits per heavy atom. The number of nitrogens with two attached hydrogens (primary N) is 1. The van der Waals surface area contributed by atoms with E-state index in [4.69, 9.17) is 11.1 Å². The minimum absolute atomic E-state index is 0.226. The van der Waals surface area contributed by atoms with E-state index in [-0.39, 0.29) is 4.83 Å². The van der Waals surface area contributed by atoms with Crippen molar-refractivity contribution in [3.63, 3.8) is 0 Å². The molecule has 3 heteroatoms. The van der Waals surface area contributed by atoms with E-state index >= 15 is 0 Å². The van der Waals surface area contributed by atoms with E-state index in [1.807, 2.05) is 0 Å². The molecule has 0 fully saturated rings. The lowest BCUT2D eigenvalue weighted by molar-refractivity contribution is 0.778. The van der Waals surface area contributed by atoms with Crippen LogP contribution in [0.15, 0.2) is 24.3 Å². The van der Waals surface area contributed by atoms with Crippen LogP contribution < -0.4 is 5.73 Å². The number of benzene rings is 1. The third-order valence-electron chi connectivity index (χ3n) is 2.58. The Morgan fingerprint density at radius 2 is 1.75 bits per heavy atom. The van der Waals surface area contributed by atoms with Crippen LogP contribution in [-0.4, -0.2) is 17.6 Å². The standard InChI is InChI=1S/C13H19BrN2/c14-13(10-16)3-1-2-11-4-6-12(7-5-11)8-9-15/h4-7,10,13,16H,1-3,8-9,15H2. The minimum Gasteiger partial charge on any atom is -0.330 e. The summed E-state index contributed by atoms with van der Waals surface area (Å²) >= 11 is 3.43. The summed E-state index contributed by atoms with van der Waals surface area (Å²) in [6.45, 7) is 0.712. The van der Waals surface area contributed by atoms with Gasteiger partial charge in [-0.1, -0.05) is 40.2 Å². The maximum Gasteiger partial charge on any atom is 0.0491 e. The molecule has 0 saturated carbocycles. The fourth-order valence-electron chi connectivity index (χ4n) is 1.62. The number of nitrogens with one attached hydrogen (secondary N) is 1. The third-order valence-corrected chi connectivity index (χ3v) is 3.30. The maximum absolute atomic E-state index is 7.08. The molecule has 0 heterocycles. The molecule has 1 unspecified atom stereocenters. The largest absolute Gasteiger partial charge is 0.330 e. The topological polar surface area (TPSA) is 49.9 Å². The Labute approximate surface area is 106 Å². The second-order valence-corrected chi connectivity index (χ2v) is 5.11. The lowest BCUT2D eigenvalue weighted by Crippen LogP contribution is -2.02. The van der Waals surface area contributed by atoms with Crippen molar-refractivity contribution >= 4 is 22.1 Å². The molecule has 0 spiro atoms. The summed E-state index contributed by atoms with van der Waals surface area (Å²) < 4.78 is 0. The van der Waals surface area contributed by atoms with Crippen molar-refractivity contribution in [1.29, 1.82) is 5.41 Å². The number of hydrogen-bond acceptors (Lipinski definition) is 2. The van der Waals surface area contributed by atoms with Crippen molar-refractivity contribution in [1.82, 2.24) is 0 Å². The van der Waals surface area contributed by atoms with Gasteiger partial charge in [0.05, 0.1) is 0 Å². The highest BCUT2D eigenvalue weighted by atomic mass is 79.9. The Kier molecular flexibility index (Phi) is 6.34. The fourth-order valence-corrected chi connectivity index (χ4v) is 1.95. The highest BCUT2D eigenvalue weighted by Gasteiger charge is 2.00. The van der Waals surface area contributed by atoms with Crippen LogP contribution in [-0.2, 0) is 12.8 Å². The molecule has 3 N–H and O–H groups in total. The Hall–Kier alpha value is -0.670. The van der Waals surface area contributed by atoms with Crippen LogP contribution in [0.3, 0.4) is 0 Å². The first-order valence-corrected chi connectivity index (χ1v) is 6.60. The van der Waals surface area contributed by atoms with Gasteiger partial charge in [-0.25, -0.2) is 0 Å². The molecular weight excluding hydrogens is 264 g/mol. The molecular formula is C13H19BrN2. The Bertz CT molecular complexity index is 308. The van der Waals surface area contributed by atoms with Gasteiger partial charge >= 0.3 is 0 Å². The van der Waals surface area contributed by atoms with Crippen LogP contribution in [0.2, 0.25) is 0 Å². The van der Waals surface area contributed by atoms with Gasteiger partial charge in [-0.15, -0.1) is 0 Å². The van der Waals surface area contributed by atoms with Crippen molar-refractivity contribution in [2.75, 3.05) is 6.54 Å². The summed E-state index contributed by atoms with van der Waals surface area (Å²) in [7, 11) is 0. The number of alkyl halides is 1. The predicted octanol–water partition coefficient (Wildman–Crippen LogP) is 2.92. The monoisotopic (exact) mass is 282 g/mol. The molecule has 1 aromatic carbocycles. The molecule has 1 aromatic rings. The van der Waals surface area contributed by atoms with E-state index in [2.05, 4.69) is 40.2 Å². The summed E-state index contributed by atoms with van der Waals surface area (Å²) in [5.41, 5.74) is 8.18. The van der Waals surface area contributed by atoms with E-state index in [1.54, 1.807) is 0 Å². The predicted molar refractivity (Wildman–Crippen MR) is 73.6 cm³/mol. The normalized spacial score (nSPS) is 12.4. The van der Waals surface area contributed by atoms with Crippen LogP contribution in [0.5, 0.6) is 0 Å². The average Bonchev–Trinajstić information content (AvgIpc) is 2.31. The number of aryl methyl sites for hydroxylation is 1. The first-order chi connectivity index (χ1) is 7.76. The first-order valence-electron chi connectivity index (χ1n) is 5.69. The second-order valence-electron chi connectivity index (χ2n) is 3.93. The van der Waals surface area contributed by atoms with Gasteiger partial charge < -0.3 is 11.1 Å². The van der Waals surface area contributed by atoms with E-state index in [0.29, 0.717) is 6.54 Å². The molecule has 0 aromatic heterocycles. The highest BCUT2D eigenvalue weighted by Crippen LogP contribution is 2.11. The van der Waals surface area contributed by atoms with Gasteiger partial charge in [0.15, 0.2) is 0 Å². The average molecular weight is 283 g/mol. The molecule has 0 saturated heterocycles. The highest BCUT2D eigenvalue weighted by molar-refractivity contribution is 9.09. The maximum atomic E-state index is 7.08. The molecule has 2 nitrogen and oxygen atoms in total. The van der Waals surface area contributed by atoms with Crippen LogP contribution in [0.1, 0.15) is 24.0 Å². The number of hydrogen-bond donors (Lipinski definition) is 2. The van der Waals surface area contributed by atoms with Crippen molar-refractivity contribution in [2.45, 2.75) is 30.5 Å². The summed E-state index contributed by atoms with van der Waals surface area (Å²) in [6.07, 6.45) is 5.62. The van der Waals surface area contributed by atoms with E-state index in [0.717, 1.165) is 25.7 Å². The van der Waals surface area contributed by atoms with Crippen LogP contribution in [0, 0.1) is 5.41 Å². The van der Waals surface area contributed by atoms with Crippen molar-refractivity contribution in [3.05, 3.63) is 35.4 Å². The molecule has 0 radical (unpaired) electrons. The minimum atomic E-state index is 0.226. The van der Waals surface area contributed by atoms with Crippen LogP contribution in [0.4, 0.5) is 0 Å². The van der Waals surface area contributed by atoms with Gasteiger partial charge in [0.25, 0.3) is 0 Å². The van der Waals surface area contributed by atoms with E-state index in [1.165, 1.54) is 17.3 Å². The molecule has 88 valence electrons. The summed E-state index contributed by atoms with van der Waals surface area (Å²) in [5.74, 6) is 0.